The molecule has 1 saturated carbocycles. The van der Waals surface area contributed by atoms with E-state index in [1.165, 1.54) is 20.4 Å². The van der Waals surface area contributed by atoms with Crippen LogP contribution in [0.3, 0.4) is 0 Å². The molecule has 1 spiro atoms. The Labute approximate surface area is 144 Å². The van der Waals surface area contributed by atoms with Gasteiger partial charge in [-0.05, 0) is 26.2 Å². The highest BCUT2D eigenvalue weighted by molar-refractivity contribution is 5.99. The van der Waals surface area contributed by atoms with Gasteiger partial charge >= 0.3 is 5.97 Å². The van der Waals surface area contributed by atoms with Gasteiger partial charge in [0.15, 0.2) is 17.2 Å². The predicted octanol–water partition coefficient (Wildman–Crippen LogP) is 0.939. The standard InChI is InChI=1S/C17H20N2O6/c1-9-8-25-17-6-4-5-11(17)18-7-10(16(22)24-3)13(20)14(23-2)12(18)15(21)19(9)17/h7,9,11H,4-6,8H2,1-3H3/t9-,11+,17+/m1/s1. The van der Waals surface area contributed by atoms with E-state index in [-0.39, 0.29) is 35.0 Å². The first-order valence-corrected chi connectivity index (χ1v) is 8.35. The van der Waals surface area contributed by atoms with E-state index in [1.807, 2.05) is 6.92 Å². The monoisotopic (exact) mass is 348 g/mol. The number of carbonyl (C=O) groups is 2. The van der Waals surface area contributed by atoms with Crippen molar-refractivity contribution in [3.05, 3.63) is 27.7 Å². The van der Waals surface area contributed by atoms with Crippen LogP contribution in [-0.2, 0) is 9.47 Å². The lowest BCUT2D eigenvalue weighted by Crippen LogP contribution is -2.58. The van der Waals surface area contributed by atoms with E-state index in [9.17, 15) is 14.4 Å². The fraction of sp³-hybridized carbons (Fsp3) is 0.588. The van der Waals surface area contributed by atoms with E-state index >= 15 is 0 Å². The van der Waals surface area contributed by atoms with Crippen LogP contribution < -0.4 is 10.2 Å². The first-order chi connectivity index (χ1) is 12.0. The number of methoxy groups -OCH3 is 2. The van der Waals surface area contributed by atoms with Crippen molar-refractivity contribution in [2.45, 2.75) is 44.0 Å². The first kappa shape index (κ1) is 16.1. The average Bonchev–Trinajstić information content (AvgIpc) is 3.18. The molecule has 0 radical (unpaired) electrons. The Morgan fingerprint density at radius 1 is 1.36 bits per heavy atom. The molecule has 8 heteroatoms. The maximum Gasteiger partial charge on any atom is 0.343 e. The van der Waals surface area contributed by atoms with Gasteiger partial charge in [0.25, 0.3) is 5.91 Å². The average molecular weight is 348 g/mol. The summed E-state index contributed by atoms with van der Waals surface area (Å²) in [6.45, 7) is 2.39. The Balaban J connectivity index is 2.02. The van der Waals surface area contributed by atoms with Crippen LogP contribution in [0.25, 0.3) is 0 Å². The normalized spacial score (nSPS) is 29.9. The van der Waals surface area contributed by atoms with Crippen LogP contribution in [0.4, 0.5) is 0 Å². The number of ether oxygens (including phenoxy) is 3. The van der Waals surface area contributed by atoms with E-state index in [2.05, 4.69) is 0 Å². The summed E-state index contributed by atoms with van der Waals surface area (Å²) in [6, 6.07) is -0.245. The molecule has 1 amide bonds. The molecule has 1 aliphatic carbocycles. The Hall–Kier alpha value is -2.35. The number of esters is 1. The minimum absolute atomic E-state index is 0.0815. The van der Waals surface area contributed by atoms with Crippen molar-refractivity contribution in [2.24, 2.45) is 0 Å². The molecule has 134 valence electrons. The predicted molar refractivity (Wildman–Crippen MR) is 85.8 cm³/mol. The molecule has 1 aromatic heterocycles. The van der Waals surface area contributed by atoms with Gasteiger partial charge in [0.05, 0.1) is 32.9 Å². The van der Waals surface area contributed by atoms with Gasteiger partial charge < -0.3 is 23.7 Å². The zero-order valence-electron chi connectivity index (χ0n) is 14.4. The minimum atomic E-state index is -0.749. The SMILES string of the molecule is COC(=O)c1cn2c(c(OC)c1=O)C(=O)N1[C@H](C)CO[C@]13CCC[C@H]23. The molecule has 1 saturated heterocycles. The Bertz CT molecular complexity index is 831. The summed E-state index contributed by atoms with van der Waals surface area (Å²) in [5.41, 5.74) is -1.30. The molecule has 25 heavy (non-hydrogen) atoms. The molecule has 0 aromatic carbocycles. The van der Waals surface area contributed by atoms with Crippen LogP contribution in [0.2, 0.25) is 0 Å². The third kappa shape index (κ3) is 1.88. The number of amides is 1. The molecule has 2 aliphatic heterocycles. The van der Waals surface area contributed by atoms with Crippen LogP contribution >= 0.6 is 0 Å². The Morgan fingerprint density at radius 2 is 2.12 bits per heavy atom. The third-order valence-electron chi connectivity index (χ3n) is 5.52. The van der Waals surface area contributed by atoms with E-state index in [0.717, 1.165) is 19.3 Å². The van der Waals surface area contributed by atoms with Crippen molar-refractivity contribution < 1.29 is 23.8 Å². The number of pyridine rings is 1. The van der Waals surface area contributed by atoms with E-state index in [4.69, 9.17) is 14.2 Å². The van der Waals surface area contributed by atoms with Crippen molar-refractivity contribution >= 4 is 11.9 Å². The molecule has 1 aromatic rings. The molecule has 2 fully saturated rings. The van der Waals surface area contributed by atoms with Gasteiger partial charge in [-0.3, -0.25) is 9.59 Å². The number of nitrogens with zero attached hydrogens (tertiary/aromatic N) is 2. The summed E-state index contributed by atoms with van der Waals surface area (Å²) < 4.78 is 17.7. The first-order valence-electron chi connectivity index (χ1n) is 8.35. The van der Waals surface area contributed by atoms with Gasteiger partial charge in [-0.1, -0.05) is 0 Å². The van der Waals surface area contributed by atoms with Gasteiger partial charge in [-0.25, -0.2) is 4.79 Å². The summed E-state index contributed by atoms with van der Waals surface area (Å²) in [5, 5.41) is 0. The second kappa shape index (κ2) is 5.32. The third-order valence-corrected chi connectivity index (χ3v) is 5.52. The molecule has 8 nitrogen and oxygen atoms in total. The lowest BCUT2D eigenvalue weighted by atomic mass is 9.98. The maximum absolute atomic E-state index is 13.2. The van der Waals surface area contributed by atoms with Gasteiger partial charge in [-0.15, -0.1) is 0 Å². The van der Waals surface area contributed by atoms with Crippen LogP contribution in [0.15, 0.2) is 11.0 Å². The van der Waals surface area contributed by atoms with Crippen molar-refractivity contribution in [2.75, 3.05) is 20.8 Å². The van der Waals surface area contributed by atoms with Crippen molar-refractivity contribution in [1.29, 1.82) is 0 Å². The molecule has 0 bridgehead atoms. The van der Waals surface area contributed by atoms with Crippen LogP contribution in [-0.4, -0.2) is 53.9 Å². The highest BCUT2D eigenvalue weighted by Crippen LogP contribution is 2.52. The number of carbonyl (C=O) groups excluding carboxylic acids is 2. The van der Waals surface area contributed by atoms with E-state index < -0.39 is 17.1 Å². The summed E-state index contributed by atoms with van der Waals surface area (Å²) in [6.07, 6.45) is 3.83. The van der Waals surface area contributed by atoms with Crippen molar-refractivity contribution in [3.63, 3.8) is 0 Å². The Morgan fingerprint density at radius 3 is 2.80 bits per heavy atom. The van der Waals surface area contributed by atoms with Crippen molar-refractivity contribution in [1.82, 2.24) is 9.47 Å². The Kier molecular flexibility index (Phi) is 3.44. The number of fused-ring (bicyclic) bond motifs is 2. The second-order valence-electron chi connectivity index (χ2n) is 6.74. The summed E-state index contributed by atoms with van der Waals surface area (Å²) in [4.78, 5) is 39.6. The molecule has 3 aliphatic rings. The smallest absolute Gasteiger partial charge is 0.343 e. The molecule has 0 N–H and O–H groups in total. The largest absolute Gasteiger partial charge is 0.491 e. The lowest BCUT2D eigenvalue weighted by Gasteiger charge is -2.45. The molecule has 4 rings (SSSR count). The fourth-order valence-corrected chi connectivity index (χ4v) is 4.52. The summed E-state index contributed by atoms with van der Waals surface area (Å²) >= 11 is 0. The zero-order chi connectivity index (χ0) is 17.9. The van der Waals surface area contributed by atoms with E-state index in [0.29, 0.717) is 6.61 Å². The number of hydrogen-bond acceptors (Lipinski definition) is 6. The molecule has 0 unspecified atom stereocenters. The van der Waals surface area contributed by atoms with Crippen molar-refractivity contribution in [3.8, 4) is 5.75 Å². The van der Waals surface area contributed by atoms with Crippen LogP contribution in [0.1, 0.15) is 53.1 Å². The minimum Gasteiger partial charge on any atom is -0.491 e. The van der Waals surface area contributed by atoms with Gasteiger partial charge in [0.1, 0.15) is 5.56 Å². The summed E-state index contributed by atoms with van der Waals surface area (Å²) in [5.74, 6) is -1.16. The van der Waals surface area contributed by atoms with Crippen LogP contribution in [0.5, 0.6) is 5.75 Å². The molecule has 3 heterocycles. The lowest BCUT2D eigenvalue weighted by molar-refractivity contribution is -0.101. The summed E-state index contributed by atoms with van der Waals surface area (Å²) in [7, 11) is 2.54. The highest BCUT2D eigenvalue weighted by atomic mass is 16.5. The second-order valence-corrected chi connectivity index (χ2v) is 6.74. The molecular weight excluding hydrogens is 328 g/mol. The molecule has 3 atom stereocenters. The quantitative estimate of drug-likeness (QED) is 0.739. The highest BCUT2D eigenvalue weighted by Gasteiger charge is 2.60. The molecular formula is C17H20N2O6. The van der Waals surface area contributed by atoms with Gasteiger partial charge in [0.2, 0.25) is 5.43 Å². The number of hydrogen-bond donors (Lipinski definition) is 0. The number of rotatable bonds is 2. The van der Waals surface area contributed by atoms with E-state index in [1.54, 1.807) is 9.47 Å². The van der Waals surface area contributed by atoms with Crippen LogP contribution in [0, 0.1) is 0 Å². The maximum atomic E-state index is 13.2. The van der Waals surface area contributed by atoms with Gasteiger partial charge in [0, 0.05) is 6.20 Å². The van der Waals surface area contributed by atoms with Gasteiger partial charge in [-0.2, -0.15) is 0 Å². The zero-order valence-corrected chi connectivity index (χ0v) is 14.4. The number of aromatic nitrogens is 1. The fourth-order valence-electron chi connectivity index (χ4n) is 4.52. The topological polar surface area (TPSA) is 87.1 Å².